The number of pyridine rings is 1. The lowest BCUT2D eigenvalue weighted by molar-refractivity contribution is -0.138. The van der Waals surface area contributed by atoms with Crippen LogP contribution in [0.2, 0.25) is 0 Å². The molecule has 0 amide bonds. The maximum absolute atomic E-state index is 14.4. The number of hydrogen-bond donors (Lipinski definition) is 1. The van der Waals surface area contributed by atoms with E-state index >= 15 is 0 Å². The van der Waals surface area contributed by atoms with Crippen LogP contribution in [0.25, 0.3) is 11.3 Å². The molecule has 0 aliphatic carbocycles. The van der Waals surface area contributed by atoms with Crippen LogP contribution in [-0.2, 0) is 23.8 Å². The van der Waals surface area contributed by atoms with Crippen LogP contribution in [0.1, 0.15) is 41.5 Å². The Morgan fingerprint density at radius 1 is 0.947 bits per heavy atom. The minimum absolute atomic E-state index is 0.105. The molecule has 0 aliphatic heterocycles. The Labute approximate surface area is 223 Å². The highest BCUT2D eigenvalue weighted by molar-refractivity contribution is 7.14. The lowest BCUT2D eigenvalue weighted by atomic mass is 10.0. The number of nitrogens with one attached hydrogen (secondary N) is 1. The number of rotatable bonds is 12. The molecule has 0 aliphatic rings. The van der Waals surface area contributed by atoms with E-state index in [2.05, 4.69) is 46.5 Å². The van der Waals surface area contributed by atoms with E-state index in [-0.39, 0.29) is 28.5 Å². The van der Waals surface area contributed by atoms with Crippen molar-refractivity contribution >= 4 is 22.2 Å². The van der Waals surface area contributed by atoms with Gasteiger partial charge in [-0.3, -0.25) is 4.98 Å². The number of unbranched alkanes of at least 4 members (excludes halogenated alkanes) is 1. The number of halogens is 4. The number of ether oxygens (including phenoxy) is 1. The second kappa shape index (κ2) is 13.0. The van der Waals surface area contributed by atoms with E-state index < -0.39 is 16.9 Å². The third-order valence-corrected chi connectivity index (χ3v) is 6.81. The first kappa shape index (κ1) is 27.7. The Balaban J connectivity index is 1.27. The minimum Gasteiger partial charge on any atom is -0.381 e. The average Bonchev–Trinajstić information content (AvgIpc) is 3.27. The zero-order valence-electron chi connectivity index (χ0n) is 21.0. The lowest BCUT2D eigenvalue weighted by Crippen LogP contribution is -2.11. The van der Waals surface area contributed by atoms with Gasteiger partial charge in [0.2, 0.25) is 5.13 Å². The van der Waals surface area contributed by atoms with Gasteiger partial charge in [0, 0.05) is 36.9 Å². The van der Waals surface area contributed by atoms with E-state index in [1.807, 2.05) is 0 Å². The van der Waals surface area contributed by atoms with Crippen LogP contribution >= 0.6 is 11.3 Å². The topological polar surface area (TPSA) is 47.0 Å². The van der Waals surface area contributed by atoms with Crippen LogP contribution in [-0.4, -0.2) is 23.2 Å². The largest absolute Gasteiger partial charge is 0.416 e. The molecular weight excluding hydrogens is 514 g/mol. The summed E-state index contributed by atoms with van der Waals surface area (Å²) in [6, 6.07) is 15.8. The molecule has 9 heteroatoms. The molecule has 2 aromatic carbocycles. The standard InChI is InChI=1S/C29H29F4N3OS/c1-20-9-11-21(12-10-20)6-2-3-16-37-17-5-8-22-13-14-24(18-25(22)29(31,32)33)35-28-36-26(27(30)38-28)23-7-4-15-34-19-23/h4,7,9-15,18-19H,2-3,5-6,8,16-17H2,1H3,(H,35,36). The van der Waals surface area contributed by atoms with Crippen molar-refractivity contribution in [3.05, 3.63) is 94.4 Å². The molecule has 0 unspecified atom stereocenters. The summed E-state index contributed by atoms with van der Waals surface area (Å²) in [6.07, 6.45) is 2.15. The molecule has 1 N–H and O–H groups in total. The number of thiazole rings is 1. The van der Waals surface area contributed by atoms with Crippen molar-refractivity contribution in [3.63, 3.8) is 0 Å². The molecule has 0 saturated heterocycles. The Morgan fingerprint density at radius 3 is 2.47 bits per heavy atom. The lowest BCUT2D eigenvalue weighted by Gasteiger charge is -2.15. The van der Waals surface area contributed by atoms with Crippen LogP contribution in [0, 0.1) is 12.1 Å². The predicted molar refractivity (Wildman–Crippen MR) is 143 cm³/mol. The van der Waals surface area contributed by atoms with E-state index in [0.717, 1.165) is 36.7 Å². The van der Waals surface area contributed by atoms with Gasteiger partial charge in [0.25, 0.3) is 0 Å². The number of benzene rings is 2. The molecule has 0 spiro atoms. The molecule has 0 bridgehead atoms. The predicted octanol–water partition coefficient (Wildman–Crippen LogP) is 8.39. The second-order valence-electron chi connectivity index (χ2n) is 9.04. The van der Waals surface area contributed by atoms with Crippen molar-refractivity contribution in [1.82, 2.24) is 9.97 Å². The summed E-state index contributed by atoms with van der Waals surface area (Å²) in [6.45, 7) is 3.05. The molecule has 38 heavy (non-hydrogen) atoms. The van der Waals surface area contributed by atoms with E-state index in [0.29, 0.717) is 25.2 Å². The summed E-state index contributed by atoms with van der Waals surface area (Å²) in [7, 11) is 0. The highest BCUT2D eigenvalue weighted by Crippen LogP contribution is 2.36. The van der Waals surface area contributed by atoms with Gasteiger partial charge < -0.3 is 10.1 Å². The van der Waals surface area contributed by atoms with Gasteiger partial charge in [-0.1, -0.05) is 47.2 Å². The Bertz CT molecular complexity index is 1310. The van der Waals surface area contributed by atoms with E-state index in [4.69, 9.17) is 4.74 Å². The first-order valence-electron chi connectivity index (χ1n) is 12.5. The molecule has 4 rings (SSSR count). The maximum atomic E-state index is 14.4. The highest BCUT2D eigenvalue weighted by Gasteiger charge is 2.33. The van der Waals surface area contributed by atoms with Crippen LogP contribution in [0.4, 0.5) is 28.4 Å². The first-order chi connectivity index (χ1) is 18.3. The van der Waals surface area contributed by atoms with Gasteiger partial charge in [0.05, 0.1) is 5.56 Å². The second-order valence-corrected chi connectivity index (χ2v) is 9.99. The maximum Gasteiger partial charge on any atom is 0.416 e. The van der Waals surface area contributed by atoms with Crippen molar-refractivity contribution in [3.8, 4) is 11.3 Å². The van der Waals surface area contributed by atoms with E-state index in [1.165, 1.54) is 23.4 Å². The monoisotopic (exact) mass is 543 g/mol. The van der Waals surface area contributed by atoms with Crippen LogP contribution < -0.4 is 5.32 Å². The Kier molecular flexibility index (Phi) is 9.47. The first-order valence-corrected chi connectivity index (χ1v) is 13.3. The number of alkyl halides is 3. The molecule has 0 radical (unpaired) electrons. The molecule has 200 valence electrons. The van der Waals surface area contributed by atoms with Gasteiger partial charge in [-0.05, 0) is 74.4 Å². The average molecular weight is 544 g/mol. The van der Waals surface area contributed by atoms with Gasteiger partial charge in [-0.25, -0.2) is 4.98 Å². The van der Waals surface area contributed by atoms with Gasteiger partial charge in [-0.2, -0.15) is 17.6 Å². The zero-order chi connectivity index (χ0) is 27.0. The van der Waals surface area contributed by atoms with Crippen molar-refractivity contribution < 1.29 is 22.3 Å². The molecule has 2 heterocycles. The molecule has 4 aromatic rings. The molecule has 0 fully saturated rings. The third kappa shape index (κ3) is 7.85. The summed E-state index contributed by atoms with van der Waals surface area (Å²) in [4.78, 5) is 8.15. The number of aryl methyl sites for hydroxylation is 3. The molecular formula is C29H29F4N3OS. The number of aromatic nitrogens is 2. The fraction of sp³-hybridized carbons (Fsp3) is 0.310. The number of anilines is 2. The number of nitrogens with zero attached hydrogens (tertiary/aromatic N) is 2. The van der Waals surface area contributed by atoms with Crippen LogP contribution in [0.15, 0.2) is 67.0 Å². The van der Waals surface area contributed by atoms with E-state index in [1.54, 1.807) is 24.4 Å². The van der Waals surface area contributed by atoms with Gasteiger partial charge in [-0.15, -0.1) is 0 Å². The normalized spacial score (nSPS) is 11.6. The summed E-state index contributed by atoms with van der Waals surface area (Å²) in [5.41, 5.74) is 2.81. The highest BCUT2D eigenvalue weighted by atomic mass is 32.1. The van der Waals surface area contributed by atoms with Crippen molar-refractivity contribution in [2.45, 2.75) is 45.2 Å². The van der Waals surface area contributed by atoms with Crippen LogP contribution in [0.3, 0.4) is 0 Å². The molecule has 0 saturated carbocycles. The molecule has 0 atom stereocenters. The van der Waals surface area contributed by atoms with Crippen molar-refractivity contribution in [1.29, 1.82) is 0 Å². The smallest absolute Gasteiger partial charge is 0.381 e. The molecule has 4 nitrogen and oxygen atoms in total. The van der Waals surface area contributed by atoms with E-state index in [9.17, 15) is 17.6 Å². The number of hydrogen-bond acceptors (Lipinski definition) is 5. The third-order valence-electron chi connectivity index (χ3n) is 6.05. The summed E-state index contributed by atoms with van der Waals surface area (Å²) < 4.78 is 61.4. The fourth-order valence-corrected chi connectivity index (χ4v) is 4.79. The summed E-state index contributed by atoms with van der Waals surface area (Å²) >= 11 is 0.731. The molecule has 2 aromatic heterocycles. The van der Waals surface area contributed by atoms with Gasteiger partial charge in [0.15, 0.2) is 5.13 Å². The van der Waals surface area contributed by atoms with Gasteiger partial charge in [0.1, 0.15) is 5.69 Å². The summed E-state index contributed by atoms with van der Waals surface area (Å²) in [5.74, 6) is 0. The quantitative estimate of drug-likeness (QED) is 0.144. The fourth-order valence-electron chi connectivity index (χ4n) is 4.05. The Hall–Kier alpha value is -3.30. The SMILES string of the molecule is Cc1ccc(CCCCOCCCc2ccc(Nc3nc(-c4cccnc4)c(F)s3)cc2C(F)(F)F)cc1. The minimum atomic E-state index is -4.52. The van der Waals surface area contributed by atoms with Gasteiger partial charge >= 0.3 is 6.18 Å². The van der Waals surface area contributed by atoms with Crippen molar-refractivity contribution in [2.75, 3.05) is 18.5 Å². The van der Waals surface area contributed by atoms with Crippen molar-refractivity contribution in [2.24, 2.45) is 0 Å². The summed E-state index contributed by atoms with van der Waals surface area (Å²) in [5, 5.41) is 2.43. The zero-order valence-corrected chi connectivity index (χ0v) is 21.8. The van der Waals surface area contributed by atoms with Crippen LogP contribution in [0.5, 0.6) is 0 Å². The Morgan fingerprint density at radius 2 is 1.74 bits per heavy atom.